The minimum atomic E-state index is -1.24. The van der Waals surface area contributed by atoms with E-state index in [0.29, 0.717) is 8.82 Å². The molecule has 0 amide bonds. The summed E-state index contributed by atoms with van der Waals surface area (Å²) in [5, 5.41) is 9.10. The van der Waals surface area contributed by atoms with Gasteiger partial charge in [-0.1, -0.05) is 0 Å². The van der Waals surface area contributed by atoms with Crippen molar-refractivity contribution in [2.45, 2.75) is 0 Å². The SMILES string of the molecule is O=C([AsH]c1ccc(Br)cc1C(=O)O)c1ccco1. The Morgan fingerprint density at radius 3 is 2.67 bits per heavy atom. The summed E-state index contributed by atoms with van der Waals surface area (Å²) in [4.78, 5) is 23.0. The van der Waals surface area contributed by atoms with Crippen LogP contribution in [0, 0.1) is 0 Å². The molecule has 2 aromatic rings. The van der Waals surface area contributed by atoms with E-state index >= 15 is 0 Å². The molecule has 0 aliphatic heterocycles. The summed E-state index contributed by atoms with van der Waals surface area (Å²) in [6.07, 6.45) is 1.43. The second-order valence-corrected chi connectivity index (χ2v) is 6.95. The zero-order valence-electron chi connectivity index (χ0n) is 9.01. The Labute approximate surface area is 118 Å². The summed E-state index contributed by atoms with van der Waals surface area (Å²) < 4.78 is 6.17. The molecule has 0 bridgehead atoms. The van der Waals surface area contributed by atoms with E-state index in [1.54, 1.807) is 24.3 Å². The van der Waals surface area contributed by atoms with Crippen LogP contribution in [0.5, 0.6) is 0 Å². The maximum absolute atomic E-state index is 11.9. The van der Waals surface area contributed by atoms with Crippen molar-refractivity contribution in [3.63, 3.8) is 0 Å². The first kappa shape index (κ1) is 13.1. The van der Waals surface area contributed by atoms with Gasteiger partial charge in [0, 0.05) is 0 Å². The van der Waals surface area contributed by atoms with Gasteiger partial charge in [0.05, 0.1) is 0 Å². The Balaban J connectivity index is 2.29. The molecule has 1 aromatic carbocycles. The van der Waals surface area contributed by atoms with Gasteiger partial charge in [-0.15, -0.1) is 0 Å². The molecule has 0 radical (unpaired) electrons. The number of hydrogen-bond donors (Lipinski definition) is 1. The minimum absolute atomic E-state index is 0.121. The second-order valence-electron chi connectivity index (χ2n) is 3.43. The molecule has 92 valence electrons. The Kier molecular flexibility index (Phi) is 4.04. The fourth-order valence-electron chi connectivity index (χ4n) is 1.39. The standard InChI is InChI=1S/C12H8AsBrO4/c14-7-3-4-9(8(6-7)12(16)17)13-11(15)10-2-1-5-18-10/h1-6,13H,(H,16,17). The summed E-state index contributed by atoms with van der Waals surface area (Å²) in [7, 11) is 0. The van der Waals surface area contributed by atoms with Crippen LogP contribution >= 0.6 is 15.9 Å². The van der Waals surface area contributed by atoms with Gasteiger partial charge >= 0.3 is 118 Å². The van der Waals surface area contributed by atoms with Crippen molar-refractivity contribution in [1.82, 2.24) is 0 Å². The van der Waals surface area contributed by atoms with Crippen molar-refractivity contribution in [2.75, 3.05) is 0 Å². The van der Waals surface area contributed by atoms with E-state index in [2.05, 4.69) is 15.9 Å². The van der Waals surface area contributed by atoms with Crippen LogP contribution < -0.4 is 4.35 Å². The third kappa shape index (κ3) is 2.92. The number of aromatic carboxylic acids is 1. The fourth-order valence-corrected chi connectivity index (χ4v) is 3.83. The normalized spacial score (nSPS) is 10.9. The van der Waals surface area contributed by atoms with Crippen LogP contribution in [0.4, 0.5) is 0 Å². The molecule has 1 heterocycles. The Hall–Kier alpha value is -1.32. The number of benzene rings is 1. The van der Waals surface area contributed by atoms with E-state index in [1.807, 2.05) is 0 Å². The molecule has 4 nitrogen and oxygen atoms in total. The van der Waals surface area contributed by atoms with Gasteiger partial charge in [0.25, 0.3) is 0 Å². The van der Waals surface area contributed by atoms with Crippen LogP contribution in [-0.2, 0) is 0 Å². The van der Waals surface area contributed by atoms with Crippen molar-refractivity contribution in [2.24, 2.45) is 0 Å². The van der Waals surface area contributed by atoms with Gasteiger partial charge in [0.15, 0.2) is 0 Å². The van der Waals surface area contributed by atoms with Crippen LogP contribution in [-0.4, -0.2) is 31.4 Å². The number of carboxylic acids is 1. The first-order chi connectivity index (χ1) is 8.58. The Morgan fingerprint density at radius 2 is 2.06 bits per heavy atom. The molecule has 0 aliphatic carbocycles. The summed E-state index contributed by atoms with van der Waals surface area (Å²) in [5.41, 5.74) is 0.171. The third-order valence-electron chi connectivity index (χ3n) is 2.21. The van der Waals surface area contributed by atoms with Crippen LogP contribution in [0.2, 0.25) is 0 Å². The summed E-state index contributed by atoms with van der Waals surface area (Å²) in [6, 6.07) is 8.15. The van der Waals surface area contributed by atoms with Crippen molar-refractivity contribution in [3.05, 3.63) is 52.4 Å². The van der Waals surface area contributed by atoms with Crippen LogP contribution in [0.25, 0.3) is 0 Å². The van der Waals surface area contributed by atoms with E-state index in [1.165, 1.54) is 12.3 Å². The quantitative estimate of drug-likeness (QED) is 0.831. The van der Waals surface area contributed by atoms with Crippen molar-refractivity contribution >= 4 is 46.6 Å². The van der Waals surface area contributed by atoms with Crippen LogP contribution in [0.3, 0.4) is 0 Å². The van der Waals surface area contributed by atoms with Gasteiger partial charge in [0.2, 0.25) is 0 Å². The first-order valence-corrected chi connectivity index (χ1v) is 7.85. The Morgan fingerprint density at radius 1 is 1.28 bits per heavy atom. The zero-order valence-corrected chi connectivity index (χ0v) is 12.7. The Bertz CT molecular complexity index is 592. The predicted octanol–water partition coefficient (Wildman–Crippen LogP) is 1.64. The van der Waals surface area contributed by atoms with E-state index in [4.69, 9.17) is 9.52 Å². The zero-order chi connectivity index (χ0) is 13.1. The molecule has 0 spiro atoms. The number of halogens is 1. The van der Waals surface area contributed by atoms with Crippen LogP contribution in [0.15, 0.2) is 45.5 Å². The maximum atomic E-state index is 11.9. The molecule has 0 saturated heterocycles. The molecule has 0 fully saturated rings. The van der Waals surface area contributed by atoms with Crippen molar-refractivity contribution in [3.8, 4) is 0 Å². The molecule has 6 heteroatoms. The summed E-state index contributed by atoms with van der Waals surface area (Å²) in [6.45, 7) is 0. The molecule has 2 rings (SSSR count). The number of carbonyl (C=O) groups excluding carboxylic acids is 1. The van der Waals surface area contributed by atoms with E-state index in [9.17, 15) is 9.59 Å². The number of hydrogen-bond acceptors (Lipinski definition) is 3. The molecule has 1 atom stereocenters. The molecule has 1 N–H and O–H groups in total. The van der Waals surface area contributed by atoms with Crippen molar-refractivity contribution < 1.29 is 19.1 Å². The molecule has 1 unspecified atom stereocenters. The van der Waals surface area contributed by atoms with Crippen LogP contribution in [0.1, 0.15) is 20.9 Å². The van der Waals surface area contributed by atoms with E-state index in [0.717, 1.165) is 0 Å². The summed E-state index contributed by atoms with van der Waals surface area (Å²) >= 11 is 1.98. The number of carboxylic acid groups (broad SMARTS) is 1. The fraction of sp³-hybridized carbons (Fsp3) is 0. The summed E-state index contributed by atoms with van der Waals surface area (Å²) in [5.74, 6) is -0.739. The molecule has 1 aromatic heterocycles. The second kappa shape index (κ2) is 5.55. The van der Waals surface area contributed by atoms with Gasteiger partial charge in [-0.3, -0.25) is 0 Å². The van der Waals surface area contributed by atoms with Gasteiger partial charge in [-0.05, 0) is 0 Å². The average molecular weight is 371 g/mol. The van der Waals surface area contributed by atoms with E-state index in [-0.39, 0.29) is 15.9 Å². The topological polar surface area (TPSA) is 67.5 Å². The van der Waals surface area contributed by atoms with Gasteiger partial charge in [0.1, 0.15) is 0 Å². The molecule has 0 saturated carbocycles. The van der Waals surface area contributed by atoms with Gasteiger partial charge in [-0.2, -0.15) is 0 Å². The monoisotopic (exact) mass is 370 g/mol. The predicted molar refractivity (Wildman–Crippen MR) is 70.9 cm³/mol. The number of furan rings is 1. The first-order valence-electron chi connectivity index (χ1n) is 4.95. The number of rotatable bonds is 4. The van der Waals surface area contributed by atoms with Gasteiger partial charge in [-0.25, -0.2) is 0 Å². The van der Waals surface area contributed by atoms with Gasteiger partial charge < -0.3 is 0 Å². The number of carbonyl (C=O) groups is 2. The van der Waals surface area contributed by atoms with Crippen molar-refractivity contribution in [1.29, 1.82) is 0 Å². The molecule has 0 aliphatic rings. The average Bonchev–Trinajstić information content (AvgIpc) is 2.84. The third-order valence-corrected chi connectivity index (χ3v) is 5.17. The van der Waals surface area contributed by atoms with E-state index < -0.39 is 21.7 Å². The molecular weight excluding hydrogens is 363 g/mol. The molecule has 18 heavy (non-hydrogen) atoms. The molecular formula is C12H8AsBrO4.